The van der Waals surface area contributed by atoms with Gasteiger partial charge < -0.3 is 5.48 Å². The van der Waals surface area contributed by atoms with Gasteiger partial charge in [0.2, 0.25) is 0 Å². The summed E-state index contributed by atoms with van der Waals surface area (Å²) in [4.78, 5) is 0.143. The van der Waals surface area contributed by atoms with E-state index in [1.807, 2.05) is 6.92 Å². The third-order valence-electron chi connectivity index (χ3n) is 1.30. The Balaban J connectivity index is 0.00000121. The van der Waals surface area contributed by atoms with Crippen LogP contribution in [-0.2, 0) is 9.05 Å². The maximum atomic E-state index is 10.7. The molecule has 0 atom stereocenters. The van der Waals surface area contributed by atoms with Gasteiger partial charge in [-0.3, -0.25) is 0 Å². The zero-order valence-electron chi connectivity index (χ0n) is 6.41. The van der Waals surface area contributed by atoms with E-state index >= 15 is 0 Å². The van der Waals surface area contributed by atoms with E-state index in [-0.39, 0.29) is 10.4 Å². The highest BCUT2D eigenvalue weighted by Gasteiger charge is 2.07. The maximum absolute atomic E-state index is 10.7. The molecule has 2 N–H and O–H groups in total. The molecule has 0 fully saturated rings. The summed E-state index contributed by atoms with van der Waals surface area (Å²) in [5.74, 6) is 0. The number of benzene rings is 1. The maximum Gasteiger partial charge on any atom is 0.261 e. The van der Waals surface area contributed by atoms with Crippen molar-refractivity contribution >= 4 is 19.7 Å². The average Bonchev–Trinajstić information content (AvgIpc) is 1.86. The van der Waals surface area contributed by atoms with E-state index in [2.05, 4.69) is 0 Å². The average molecular weight is 209 g/mol. The van der Waals surface area contributed by atoms with Crippen LogP contribution in [0.15, 0.2) is 29.2 Å². The molecule has 0 heterocycles. The zero-order chi connectivity index (χ0) is 8.48. The predicted octanol–water partition coefficient (Wildman–Crippen LogP) is 1.10. The van der Waals surface area contributed by atoms with Crippen molar-refractivity contribution in [1.29, 1.82) is 0 Å². The van der Waals surface area contributed by atoms with Crippen molar-refractivity contribution in [3.63, 3.8) is 0 Å². The van der Waals surface area contributed by atoms with Crippen molar-refractivity contribution in [2.75, 3.05) is 0 Å². The molecule has 12 heavy (non-hydrogen) atoms. The van der Waals surface area contributed by atoms with E-state index in [9.17, 15) is 8.42 Å². The molecule has 0 bridgehead atoms. The number of hydrogen-bond acceptors (Lipinski definition) is 2. The molecule has 3 nitrogen and oxygen atoms in total. The minimum atomic E-state index is -3.55. The van der Waals surface area contributed by atoms with Gasteiger partial charge in [0.05, 0.1) is 4.90 Å². The highest BCUT2D eigenvalue weighted by atomic mass is 35.7. The van der Waals surface area contributed by atoms with Crippen LogP contribution in [0.5, 0.6) is 0 Å². The van der Waals surface area contributed by atoms with Crippen LogP contribution in [0.25, 0.3) is 0 Å². The van der Waals surface area contributed by atoms with Crippen molar-refractivity contribution in [3.8, 4) is 0 Å². The molecular formula is C7H9ClO3S. The van der Waals surface area contributed by atoms with E-state index in [1.165, 1.54) is 12.1 Å². The lowest BCUT2D eigenvalue weighted by Crippen LogP contribution is -1.89. The summed E-state index contributed by atoms with van der Waals surface area (Å²) in [6.45, 7) is 1.88. The van der Waals surface area contributed by atoms with Crippen LogP contribution >= 0.6 is 10.7 Å². The van der Waals surface area contributed by atoms with Gasteiger partial charge in [-0.15, -0.1) is 0 Å². The quantitative estimate of drug-likeness (QED) is 0.649. The van der Waals surface area contributed by atoms with Crippen LogP contribution in [-0.4, -0.2) is 13.9 Å². The number of hydrogen-bond donors (Lipinski definition) is 0. The highest BCUT2D eigenvalue weighted by molar-refractivity contribution is 8.13. The highest BCUT2D eigenvalue weighted by Crippen LogP contribution is 2.14. The summed E-state index contributed by atoms with van der Waals surface area (Å²) in [5, 5.41) is 0. The summed E-state index contributed by atoms with van der Waals surface area (Å²) in [6.07, 6.45) is 0. The summed E-state index contributed by atoms with van der Waals surface area (Å²) >= 11 is 0. The van der Waals surface area contributed by atoms with Crippen molar-refractivity contribution < 1.29 is 13.9 Å². The molecule has 0 aromatic heterocycles. The first kappa shape index (κ1) is 11.4. The molecule has 0 aliphatic rings. The van der Waals surface area contributed by atoms with Crippen molar-refractivity contribution in [3.05, 3.63) is 29.8 Å². The van der Waals surface area contributed by atoms with Gasteiger partial charge in [0.15, 0.2) is 0 Å². The molecule has 0 saturated carbocycles. The third-order valence-corrected chi connectivity index (χ3v) is 2.67. The van der Waals surface area contributed by atoms with Crippen LogP contribution in [0.1, 0.15) is 5.56 Å². The fourth-order valence-electron chi connectivity index (χ4n) is 0.701. The lowest BCUT2D eigenvalue weighted by atomic mass is 10.2. The molecule has 5 heteroatoms. The second kappa shape index (κ2) is 3.89. The Kier molecular flexibility index (Phi) is 3.70. The molecule has 1 aromatic rings. The minimum absolute atomic E-state index is 0. The van der Waals surface area contributed by atoms with Gasteiger partial charge in [-0.2, -0.15) is 0 Å². The Hall–Kier alpha value is -0.580. The third kappa shape index (κ3) is 2.81. The van der Waals surface area contributed by atoms with Crippen molar-refractivity contribution in [2.45, 2.75) is 11.8 Å². The van der Waals surface area contributed by atoms with E-state index in [0.29, 0.717) is 0 Å². The van der Waals surface area contributed by atoms with E-state index in [1.54, 1.807) is 12.1 Å². The van der Waals surface area contributed by atoms with Gasteiger partial charge in [0.25, 0.3) is 9.05 Å². The second-order valence-corrected chi connectivity index (χ2v) is 4.82. The summed E-state index contributed by atoms with van der Waals surface area (Å²) in [5.41, 5.74) is 1.01. The summed E-state index contributed by atoms with van der Waals surface area (Å²) < 4.78 is 21.4. The van der Waals surface area contributed by atoms with Gasteiger partial charge >= 0.3 is 0 Å². The van der Waals surface area contributed by atoms with E-state index in [0.717, 1.165) is 5.56 Å². The van der Waals surface area contributed by atoms with Crippen LogP contribution in [0, 0.1) is 6.92 Å². The van der Waals surface area contributed by atoms with Gasteiger partial charge in [0, 0.05) is 10.7 Å². The minimum Gasteiger partial charge on any atom is -0.412 e. The van der Waals surface area contributed by atoms with Crippen molar-refractivity contribution in [2.24, 2.45) is 0 Å². The Morgan fingerprint density at radius 2 is 1.58 bits per heavy atom. The monoisotopic (exact) mass is 208 g/mol. The lowest BCUT2D eigenvalue weighted by molar-refractivity contribution is 0.609. The molecule has 0 amide bonds. The fraction of sp³-hybridized carbons (Fsp3) is 0.143. The van der Waals surface area contributed by atoms with Crippen LogP contribution < -0.4 is 0 Å². The SMILES string of the molecule is Cc1ccc(S(=O)(=O)Cl)cc1.O. The summed E-state index contributed by atoms with van der Waals surface area (Å²) in [7, 11) is 1.54. The first-order valence-corrected chi connectivity index (χ1v) is 5.32. The van der Waals surface area contributed by atoms with E-state index in [4.69, 9.17) is 10.7 Å². The van der Waals surface area contributed by atoms with Gasteiger partial charge in [-0.1, -0.05) is 17.7 Å². The molecule has 0 aliphatic carbocycles. The number of halogens is 1. The Morgan fingerprint density at radius 3 is 1.92 bits per heavy atom. The Morgan fingerprint density at radius 1 is 1.17 bits per heavy atom. The van der Waals surface area contributed by atoms with E-state index < -0.39 is 9.05 Å². The lowest BCUT2D eigenvalue weighted by Gasteiger charge is -1.94. The largest absolute Gasteiger partial charge is 0.412 e. The van der Waals surface area contributed by atoms with Gasteiger partial charge in [-0.25, -0.2) is 8.42 Å². The number of rotatable bonds is 1. The second-order valence-electron chi connectivity index (χ2n) is 2.25. The predicted molar refractivity (Wildman–Crippen MR) is 47.8 cm³/mol. The van der Waals surface area contributed by atoms with Crippen LogP contribution in [0.2, 0.25) is 0 Å². The number of aryl methyl sites for hydroxylation is 1. The molecule has 1 aromatic carbocycles. The molecule has 0 spiro atoms. The van der Waals surface area contributed by atoms with Crippen LogP contribution in [0.4, 0.5) is 0 Å². The van der Waals surface area contributed by atoms with Crippen molar-refractivity contribution in [1.82, 2.24) is 0 Å². The zero-order valence-corrected chi connectivity index (χ0v) is 7.98. The first-order valence-electron chi connectivity index (χ1n) is 3.01. The molecule has 68 valence electrons. The Labute approximate surface area is 75.7 Å². The first-order chi connectivity index (χ1) is 5.00. The fourth-order valence-corrected chi connectivity index (χ4v) is 1.47. The topological polar surface area (TPSA) is 65.6 Å². The van der Waals surface area contributed by atoms with Crippen LogP contribution in [0.3, 0.4) is 0 Å². The standard InChI is InChI=1S/C7H7ClO2S.H2O/c1-6-2-4-7(5-3-6)11(8,9)10;/h2-5H,1H3;1H2. The smallest absolute Gasteiger partial charge is 0.261 e. The summed E-state index contributed by atoms with van der Waals surface area (Å²) in [6, 6.07) is 6.37. The molecule has 0 radical (unpaired) electrons. The van der Waals surface area contributed by atoms with Gasteiger partial charge in [-0.05, 0) is 19.1 Å². The molecule has 0 aliphatic heterocycles. The normalized spacial score (nSPS) is 10.5. The molecule has 0 saturated heterocycles. The molecular weight excluding hydrogens is 200 g/mol. The Bertz CT molecular complexity index is 341. The molecule has 1 rings (SSSR count). The van der Waals surface area contributed by atoms with Gasteiger partial charge in [0.1, 0.15) is 0 Å². The molecule has 0 unspecified atom stereocenters.